The predicted octanol–water partition coefficient (Wildman–Crippen LogP) is 0.884. The Morgan fingerprint density at radius 2 is 2.42 bits per heavy atom. The van der Waals surface area contributed by atoms with Gasteiger partial charge in [0, 0.05) is 18.8 Å². The summed E-state index contributed by atoms with van der Waals surface area (Å²) >= 11 is 0. The van der Waals surface area contributed by atoms with Gasteiger partial charge in [0.25, 0.3) is 0 Å². The molecular weight excluding hydrogens is 250 g/mol. The van der Waals surface area contributed by atoms with Gasteiger partial charge in [-0.05, 0) is 19.4 Å². The number of aliphatic hydroxyl groups is 1. The first kappa shape index (κ1) is 13.7. The fraction of sp³-hybridized carbons (Fsp3) is 0.583. The Kier molecular flexibility index (Phi) is 3.96. The van der Waals surface area contributed by atoms with E-state index in [-0.39, 0.29) is 24.4 Å². The molecule has 0 bridgehead atoms. The third-order valence-electron chi connectivity index (χ3n) is 3.16. The minimum absolute atomic E-state index is 0.00885. The van der Waals surface area contributed by atoms with Gasteiger partial charge < -0.3 is 14.7 Å². The maximum atomic E-state index is 11.1. The molecule has 1 fully saturated rings. The number of aromatic nitrogens is 1. The van der Waals surface area contributed by atoms with Gasteiger partial charge in [-0.15, -0.1) is 0 Å². The van der Waals surface area contributed by atoms with Crippen molar-refractivity contribution >= 4 is 11.5 Å². The molecule has 0 aliphatic carbocycles. The Morgan fingerprint density at radius 1 is 1.68 bits per heavy atom. The first-order chi connectivity index (χ1) is 9.02. The quantitative estimate of drug-likeness (QED) is 0.646. The zero-order valence-corrected chi connectivity index (χ0v) is 10.9. The van der Waals surface area contributed by atoms with E-state index in [9.17, 15) is 10.1 Å². The van der Waals surface area contributed by atoms with Crippen LogP contribution >= 0.6 is 0 Å². The summed E-state index contributed by atoms with van der Waals surface area (Å²) in [6, 6.07) is 1.50. The average molecular weight is 267 g/mol. The van der Waals surface area contributed by atoms with E-state index >= 15 is 0 Å². The van der Waals surface area contributed by atoms with Gasteiger partial charge in [-0.25, -0.2) is 4.98 Å². The lowest BCUT2D eigenvalue weighted by atomic mass is 10.2. The van der Waals surface area contributed by atoms with Crippen molar-refractivity contribution in [2.45, 2.75) is 26.0 Å². The van der Waals surface area contributed by atoms with Gasteiger partial charge in [0.2, 0.25) is 5.82 Å². The molecule has 2 atom stereocenters. The van der Waals surface area contributed by atoms with Crippen molar-refractivity contribution in [1.29, 1.82) is 0 Å². The number of hydrogen-bond donors (Lipinski definition) is 1. The molecule has 104 valence electrons. The zero-order valence-electron chi connectivity index (χ0n) is 10.9. The van der Waals surface area contributed by atoms with Crippen LogP contribution in [0.5, 0.6) is 0 Å². The van der Waals surface area contributed by atoms with Crippen LogP contribution in [-0.4, -0.2) is 46.9 Å². The normalized spacial score (nSPS) is 23.4. The van der Waals surface area contributed by atoms with E-state index in [0.717, 1.165) is 5.56 Å². The Morgan fingerprint density at radius 3 is 3.05 bits per heavy atom. The van der Waals surface area contributed by atoms with Crippen molar-refractivity contribution in [3.8, 4) is 0 Å². The van der Waals surface area contributed by atoms with Crippen molar-refractivity contribution in [2.24, 2.45) is 0 Å². The summed E-state index contributed by atoms with van der Waals surface area (Å²) in [7, 11) is 0. The number of aliphatic hydroxyl groups excluding tert-OH is 1. The second-order valence-electron chi connectivity index (χ2n) is 4.75. The van der Waals surface area contributed by atoms with Crippen LogP contribution in [0, 0.1) is 17.0 Å². The topological polar surface area (TPSA) is 88.7 Å². The molecule has 0 radical (unpaired) electrons. The van der Waals surface area contributed by atoms with Crippen LogP contribution in [0.1, 0.15) is 12.5 Å². The minimum Gasteiger partial charge on any atom is -0.394 e. The van der Waals surface area contributed by atoms with E-state index in [1.165, 1.54) is 6.07 Å². The van der Waals surface area contributed by atoms with Crippen LogP contribution < -0.4 is 4.90 Å². The van der Waals surface area contributed by atoms with E-state index in [1.807, 2.05) is 11.8 Å². The number of anilines is 1. The SMILES string of the molecule is Cc1cnc(N2CC(CO)OCC2C)c([N+](=O)[O-])c1. The first-order valence-electron chi connectivity index (χ1n) is 6.13. The second-order valence-corrected chi connectivity index (χ2v) is 4.75. The molecule has 7 heteroatoms. The molecule has 7 nitrogen and oxygen atoms in total. The van der Waals surface area contributed by atoms with E-state index < -0.39 is 4.92 Å². The Hall–Kier alpha value is -1.73. The van der Waals surface area contributed by atoms with Gasteiger partial charge >= 0.3 is 5.69 Å². The molecule has 1 aliphatic heterocycles. The van der Waals surface area contributed by atoms with Gasteiger partial charge in [0.1, 0.15) is 0 Å². The van der Waals surface area contributed by atoms with Crippen molar-refractivity contribution < 1.29 is 14.8 Å². The van der Waals surface area contributed by atoms with Gasteiger partial charge in [0.05, 0.1) is 30.3 Å². The molecule has 19 heavy (non-hydrogen) atoms. The Balaban J connectivity index is 2.36. The molecule has 0 saturated carbocycles. The molecule has 0 amide bonds. The molecule has 1 aromatic heterocycles. The van der Waals surface area contributed by atoms with E-state index in [1.54, 1.807) is 13.1 Å². The van der Waals surface area contributed by atoms with Gasteiger partial charge in [-0.2, -0.15) is 0 Å². The Bertz CT molecular complexity index is 480. The molecule has 0 aromatic carbocycles. The molecule has 1 aliphatic rings. The smallest absolute Gasteiger partial charge is 0.311 e. The fourth-order valence-electron chi connectivity index (χ4n) is 2.13. The number of aryl methyl sites for hydroxylation is 1. The number of pyridine rings is 1. The van der Waals surface area contributed by atoms with Crippen LogP contribution in [0.4, 0.5) is 11.5 Å². The van der Waals surface area contributed by atoms with E-state index in [0.29, 0.717) is 19.0 Å². The van der Waals surface area contributed by atoms with Crippen molar-refractivity contribution in [3.63, 3.8) is 0 Å². The van der Waals surface area contributed by atoms with Crippen LogP contribution in [0.3, 0.4) is 0 Å². The molecule has 2 unspecified atom stereocenters. The van der Waals surface area contributed by atoms with Crippen LogP contribution in [0.2, 0.25) is 0 Å². The fourth-order valence-corrected chi connectivity index (χ4v) is 2.13. The summed E-state index contributed by atoms with van der Waals surface area (Å²) in [5.74, 6) is 0.338. The number of rotatable bonds is 3. The standard InChI is InChI=1S/C12H17N3O4/c1-8-3-11(15(17)18)12(13-4-8)14-5-10(6-16)19-7-9(14)2/h3-4,9-10,16H,5-7H2,1-2H3. The predicted molar refractivity (Wildman–Crippen MR) is 69.3 cm³/mol. The second kappa shape index (κ2) is 5.50. The summed E-state index contributed by atoms with van der Waals surface area (Å²) in [5.41, 5.74) is 0.737. The summed E-state index contributed by atoms with van der Waals surface area (Å²) in [4.78, 5) is 16.7. The van der Waals surface area contributed by atoms with Gasteiger partial charge in [-0.1, -0.05) is 0 Å². The molecule has 0 spiro atoms. The summed E-state index contributed by atoms with van der Waals surface area (Å²) in [5, 5.41) is 20.3. The lowest BCUT2D eigenvalue weighted by molar-refractivity contribution is -0.384. The van der Waals surface area contributed by atoms with Crippen LogP contribution in [0.15, 0.2) is 12.3 Å². The van der Waals surface area contributed by atoms with Crippen molar-refractivity contribution in [3.05, 3.63) is 27.9 Å². The van der Waals surface area contributed by atoms with Gasteiger partial charge in [0.15, 0.2) is 0 Å². The molecule has 1 aromatic rings. The van der Waals surface area contributed by atoms with Crippen molar-refractivity contribution in [1.82, 2.24) is 4.98 Å². The summed E-state index contributed by atoms with van der Waals surface area (Å²) in [6.07, 6.45) is 1.28. The average Bonchev–Trinajstić information content (AvgIpc) is 2.39. The molecule has 2 heterocycles. The zero-order chi connectivity index (χ0) is 14.0. The highest BCUT2D eigenvalue weighted by Crippen LogP contribution is 2.29. The van der Waals surface area contributed by atoms with E-state index in [2.05, 4.69) is 4.98 Å². The first-order valence-corrected chi connectivity index (χ1v) is 6.13. The molecule has 2 rings (SSSR count). The summed E-state index contributed by atoms with van der Waals surface area (Å²) < 4.78 is 5.43. The number of morpholine rings is 1. The maximum Gasteiger partial charge on any atom is 0.311 e. The Labute approximate surface area is 111 Å². The van der Waals surface area contributed by atoms with Crippen LogP contribution in [-0.2, 0) is 4.74 Å². The number of ether oxygens (including phenoxy) is 1. The number of nitrogens with zero attached hydrogens (tertiary/aromatic N) is 3. The summed E-state index contributed by atoms with van der Waals surface area (Å²) in [6.45, 7) is 4.39. The molecular formula is C12H17N3O4. The molecule has 1 saturated heterocycles. The lowest BCUT2D eigenvalue weighted by Crippen LogP contribution is -2.50. The largest absolute Gasteiger partial charge is 0.394 e. The third-order valence-corrected chi connectivity index (χ3v) is 3.16. The van der Waals surface area contributed by atoms with E-state index in [4.69, 9.17) is 9.84 Å². The molecule has 1 N–H and O–H groups in total. The maximum absolute atomic E-state index is 11.1. The van der Waals surface area contributed by atoms with Crippen molar-refractivity contribution in [2.75, 3.05) is 24.7 Å². The highest BCUT2D eigenvalue weighted by molar-refractivity contribution is 5.59. The highest BCUT2D eigenvalue weighted by Gasteiger charge is 2.31. The number of hydrogen-bond acceptors (Lipinski definition) is 6. The minimum atomic E-state index is -0.425. The monoisotopic (exact) mass is 267 g/mol. The third kappa shape index (κ3) is 2.82. The highest BCUT2D eigenvalue weighted by atomic mass is 16.6. The lowest BCUT2D eigenvalue weighted by Gasteiger charge is -2.37. The number of nitro groups is 1. The van der Waals surface area contributed by atoms with Gasteiger partial charge in [-0.3, -0.25) is 10.1 Å². The van der Waals surface area contributed by atoms with Crippen LogP contribution in [0.25, 0.3) is 0 Å².